The molecule has 0 radical (unpaired) electrons. The molecule has 224 valence electrons. The van der Waals surface area contributed by atoms with Crippen LogP contribution in [0.3, 0.4) is 0 Å². The Labute approximate surface area is 253 Å². The topological polar surface area (TPSA) is 96.0 Å². The molecule has 0 spiro atoms. The minimum atomic E-state index is -3.90. The molecule has 8 nitrogen and oxygen atoms in total. The van der Waals surface area contributed by atoms with E-state index in [4.69, 9.17) is 16.3 Å². The first kappa shape index (κ1) is 31.4. The Morgan fingerprint density at radius 1 is 1.00 bits per heavy atom. The molecule has 0 heterocycles. The average molecular weight is 612 g/mol. The van der Waals surface area contributed by atoms with Crippen molar-refractivity contribution in [1.29, 1.82) is 0 Å². The summed E-state index contributed by atoms with van der Waals surface area (Å²) in [5.41, 5.74) is 3.02. The zero-order chi connectivity index (χ0) is 30.3. The number of hydrogen-bond donors (Lipinski definition) is 1. The molecule has 4 rings (SSSR count). The normalized spacial score (nSPS) is 14.3. The highest BCUT2D eigenvalue weighted by molar-refractivity contribution is 7.92. The van der Waals surface area contributed by atoms with E-state index in [0.29, 0.717) is 5.75 Å². The summed E-state index contributed by atoms with van der Waals surface area (Å²) in [5.74, 6) is -0.368. The van der Waals surface area contributed by atoms with Crippen LogP contribution in [-0.4, -0.2) is 57.1 Å². The van der Waals surface area contributed by atoms with Gasteiger partial charge in [-0.15, -0.1) is 0 Å². The molecule has 0 unspecified atom stereocenters. The third kappa shape index (κ3) is 8.26. The van der Waals surface area contributed by atoms with Crippen LogP contribution in [-0.2, 0) is 32.6 Å². The maximum absolute atomic E-state index is 14.2. The largest absolute Gasteiger partial charge is 0.495 e. The third-order valence-corrected chi connectivity index (χ3v) is 8.98. The van der Waals surface area contributed by atoms with Gasteiger partial charge in [0.05, 0.1) is 24.1 Å². The second-order valence-corrected chi connectivity index (χ2v) is 13.1. The van der Waals surface area contributed by atoms with Crippen LogP contribution in [0.5, 0.6) is 5.75 Å². The van der Waals surface area contributed by atoms with Gasteiger partial charge in [0.1, 0.15) is 18.3 Å². The van der Waals surface area contributed by atoms with E-state index in [1.165, 1.54) is 24.1 Å². The number of carbonyl (C=O) groups is 2. The molecule has 2 amide bonds. The lowest BCUT2D eigenvalue weighted by Crippen LogP contribution is -2.54. The molecule has 0 aromatic heterocycles. The molecule has 1 atom stereocenters. The van der Waals surface area contributed by atoms with Gasteiger partial charge < -0.3 is 15.0 Å². The van der Waals surface area contributed by atoms with Crippen LogP contribution >= 0.6 is 11.6 Å². The molecular weight excluding hydrogens is 574 g/mol. The highest BCUT2D eigenvalue weighted by atomic mass is 35.5. The van der Waals surface area contributed by atoms with E-state index < -0.39 is 28.5 Å². The first-order chi connectivity index (χ1) is 20.0. The van der Waals surface area contributed by atoms with Gasteiger partial charge in [0.15, 0.2) is 0 Å². The van der Waals surface area contributed by atoms with E-state index in [2.05, 4.69) is 5.32 Å². The van der Waals surface area contributed by atoms with E-state index in [-0.39, 0.29) is 35.6 Å². The number of hydrogen-bond acceptors (Lipinski definition) is 5. The summed E-state index contributed by atoms with van der Waals surface area (Å²) in [6.07, 6.45) is 5.22. The van der Waals surface area contributed by atoms with Crippen LogP contribution < -0.4 is 14.4 Å². The predicted molar refractivity (Wildman–Crippen MR) is 166 cm³/mol. The molecule has 1 saturated carbocycles. The number of sulfonamides is 1. The molecule has 1 N–H and O–H groups in total. The van der Waals surface area contributed by atoms with Crippen molar-refractivity contribution < 1.29 is 22.7 Å². The summed E-state index contributed by atoms with van der Waals surface area (Å²) in [5, 5.41) is 3.38. The monoisotopic (exact) mass is 611 g/mol. The van der Waals surface area contributed by atoms with Crippen molar-refractivity contribution in [2.24, 2.45) is 0 Å². The maximum Gasteiger partial charge on any atom is 0.244 e. The number of anilines is 1. The van der Waals surface area contributed by atoms with Crippen molar-refractivity contribution in [3.05, 3.63) is 94.5 Å². The van der Waals surface area contributed by atoms with E-state index in [1.54, 1.807) is 6.07 Å². The SMILES string of the molecule is COc1ccc(N(CC(=O)N(Cc2ccc(C)cc2)[C@@H](Cc2ccccc2)C(=O)NC2CCCC2)S(C)(=O)=O)cc1Cl. The van der Waals surface area contributed by atoms with Gasteiger partial charge in [0, 0.05) is 19.0 Å². The van der Waals surface area contributed by atoms with Gasteiger partial charge in [-0.1, -0.05) is 84.6 Å². The van der Waals surface area contributed by atoms with Gasteiger partial charge in [0.2, 0.25) is 21.8 Å². The molecule has 1 fully saturated rings. The lowest BCUT2D eigenvalue weighted by atomic mass is 10.0. The molecule has 0 bridgehead atoms. The molecule has 10 heteroatoms. The number of methoxy groups -OCH3 is 1. The molecule has 3 aromatic rings. The molecule has 3 aromatic carbocycles. The predicted octanol–water partition coefficient (Wildman–Crippen LogP) is 5.12. The number of amides is 2. The highest BCUT2D eigenvalue weighted by Gasteiger charge is 2.34. The Balaban J connectivity index is 1.72. The Kier molecular flexibility index (Phi) is 10.5. The summed E-state index contributed by atoms with van der Waals surface area (Å²) < 4.78 is 32.2. The number of halogens is 1. The summed E-state index contributed by atoms with van der Waals surface area (Å²) >= 11 is 6.31. The van der Waals surface area contributed by atoms with Crippen LogP contribution in [0, 0.1) is 6.92 Å². The van der Waals surface area contributed by atoms with Gasteiger partial charge in [0.25, 0.3) is 0 Å². The van der Waals surface area contributed by atoms with Crippen LogP contribution in [0.15, 0.2) is 72.8 Å². The number of carbonyl (C=O) groups excluding carboxylic acids is 2. The Morgan fingerprint density at radius 3 is 2.26 bits per heavy atom. The zero-order valence-corrected chi connectivity index (χ0v) is 25.8. The molecule has 1 aliphatic carbocycles. The number of nitrogens with zero attached hydrogens (tertiary/aromatic N) is 2. The standard InChI is InChI=1S/C32H38ClN3O5S/c1-23-13-15-25(16-14-23)21-35(29(19-24-9-5-4-6-10-24)32(38)34-26-11-7-8-12-26)31(37)22-36(42(3,39)40)27-17-18-30(41-2)28(33)20-27/h4-6,9-10,13-18,20,26,29H,7-8,11-12,19,21-22H2,1-3H3,(H,34,38)/t29-/m0/s1. The molecule has 42 heavy (non-hydrogen) atoms. The Bertz CT molecular complexity index is 1480. The average Bonchev–Trinajstić information content (AvgIpc) is 3.47. The minimum absolute atomic E-state index is 0.0565. The fraction of sp³-hybridized carbons (Fsp3) is 0.375. The maximum atomic E-state index is 14.2. The lowest BCUT2D eigenvalue weighted by Gasteiger charge is -2.34. The molecule has 0 aliphatic heterocycles. The van der Waals surface area contributed by atoms with Gasteiger partial charge >= 0.3 is 0 Å². The Hall–Kier alpha value is -3.56. The first-order valence-electron chi connectivity index (χ1n) is 14.1. The third-order valence-electron chi connectivity index (χ3n) is 7.55. The zero-order valence-electron chi connectivity index (χ0n) is 24.3. The number of nitrogens with one attached hydrogen (secondary N) is 1. The second-order valence-electron chi connectivity index (χ2n) is 10.8. The fourth-order valence-electron chi connectivity index (χ4n) is 5.24. The summed E-state index contributed by atoms with van der Waals surface area (Å²) in [4.78, 5) is 29.6. The first-order valence-corrected chi connectivity index (χ1v) is 16.3. The Morgan fingerprint density at radius 2 is 1.67 bits per heavy atom. The molecule has 0 saturated heterocycles. The molecular formula is C32H38ClN3O5S. The van der Waals surface area contributed by atoms with Gasteiger partial charge in [-0.25, -0.2) is 8.42 Å². The van der Waals surface area contributed by atoms with Crippen molar-refractivity contribution in [2.75, 3.05) is 24.2 Å². The van der Waals surface area contributed by atoms with Crippen molar-refractivity contribution in [2.45, 2.75) is 57.7 Å². The van der Waals surface area contributed by atoms with Gasteiger partial charge in [-0.3, -0.25) is 13.9 Å². The van der Waals surface area contributed by atoms with Crippen molar-refractivity contribution in [3.63, 3.8) is 0 Å². The van der Waals surface area contributed by atoms with Gasteiger partial charge in [-0.05, 0) is 49.1 Å². The van der Waals surface area contributed by atoms with Crippen LogP contribution in [0.2, 0.25) is 5.02 Å². The quantitative estimate of drug-likeness (QED) is 0.307. The number of benzene rings is 3. The van der Waals surface area contributed by atoms with Gasteiger partial charge in [-0.2, -0.15) is 0 Å². The highest BCUT2D eigenvalue weighted by Crippen LogP contribution is 2.30. The fourth-order valence-corrected chi connectivity index (χ4v) is 6.33. The van der Waals surface area contributed by atoms with Crippen molar-refractivity contribution in [1.82, 2.24) is 10.2 Å². The number of aryl methyl sites for hydroxylation is 1. The molecule has 1 aliphatic rings. The van der Waals surface area contributed by atoms with Crippen molar-refractivity contribution >= 4 is 39.1 Å². The summed E-state index contributed by atoms with van der Waals surface area (Å²) in [6, 6.07) is 21.0. The minimum Gasteiger partial charge on any atom is -0.495 e. The summed E-state index contributed by atoms with van der Waals surface area (Å²) in [6.45, 7) is 1.61. The van der Waals surface area contributed by atoms with Crippen LogP contribution in [0.25, 0.3) is 0 Å². The number of rotatable bonds is 12. The van der Waals surface area contributed by atoms with E-state index in [1.807, 2.05) is 61.5 Å². The van der Waals surface area contributed by atoms with Crippen molar-refractivity contribution in [3.8, 4) is 5.75 Å². The smallest absolute Gasteiger partial charge is 0.244 e. The lowest BCUT2D eigenvalue weighted by molar-refractivity contribution is -0.140. The second kappa shape index (κ2) is 14.1. The summed E-state index contributed by atoms with van der Waals surface area (Å²) in [7, 11) is -2.44. The van der Waals surface area contributed by atoms with E-state index >= 15 is 0 Å². The van der Waals surface area contributed by atoms with Crippen LogP contribution in [0.4, 0.5) is 5.69 Å². The van der Waals surface area contributed by atoms with E-state index in [9.17, 15) is 18.0 Å². The van der Waals surface area contributed by atoms with Crippen LogP contribution in [0.1, 0.15) is 42.4 Å². The number of ether oxygens (including phenoxy) is 1. The van der Waals surface area contributed by atoms with E-state index in [0.717, 1.165) is 52.9 Å².